The molecule has 0 saturated heterocycles. The largest absolute Gasteiger partial charge is 0.416 e. The number of fused-ring (bicyclic) bond motifs is 3. The number of aromatic nitrogens is 1. The topological polar surface area (TPSA) is 44.9 Å². The van der Waals surface area contributed by atoms with Crippen LogP contribution in [0, 0.1) is 13.8 Å². The molecule has 0 aliphatic carbocycles. The fourth-order valence-corrected chi connectivity index (χ4v) is 4.29. The van der Waals surface area contributed by atoms with Crippen LogP contribution in [0.25, 0.3) is 21.8 Å². The molecule has 0 saturated carbocycles. The van der Waals surface area contributed by atoms with Crippen LogP contribution in [0.1, 0.15) is 16.7 Å². The Hall–Kier alpha value is -2.80. The molecule has 2 N–H and O–H groups in total. The van der Waals surface area contributed by atoms with Crippen molar-refractivity contribution in [2.75, 3.05) is 4.72 Å². The number of hydrogen-bond acceptors (Lipinski definition) is 1. The van der Waals surface area contributed by atoms with E-state index in [4.69, 9.17) is 0 Å². The summed E-state index contributed by atoms with van der Waals surface area (Å²) >= 11 is 0. The van der Waals surface area contributed by atoms with Crippen molar-refractivity contribution in [2.45, 2.75) is 24.9 Å². The molecule has 0 radical (unpaired) electrons. The average Bonchev–Trinajstić information content (AvgIpc) is 3.06. The van der Waals surface area contributed by atoms with Crippen molar-refractivity contribution in [1.29, 1.82) is 0 Å². The van der Waals surface area contributed by atoms with Crippen LogP contribution in [0.2, 0.25) is 0 Å². The molecule has 144 valence electrons. The second-order valence-electron chi connectivity index (χ2n) is 6.70. The summed E-state index contributed by atoms with van der Waals surface area (Å²) in [7, 11) is -1.84. The molecular weight excluding hydrogens is 385 g/mol. The number of halogens is 3. The second-order valence-corrected chi connectivity index (χ2v) is 7.91. The number of aryl methyl sites for hydroxylation is 2. The van der Waals surface area contributed by atoms with E-state index in [9.17, 15) is 17.4 Å². The molecule has 1 atom stereocenters. The maximum Gasteiger partial charge on any atom is 0.416 e. The Morgan fingerprint density at radius 3 is 2.39 bits per heavy atom. The minimum Gasteiger partial charge on any atom is -0.353 e. The van der Waals surface area contributed by atoms with Gasteiger partial charge in [0.15, 0.2) is 0 Å². The Morgan fingerprint density at radius 1 is 0.929 bits per heavy atom. The summed E-state index contributed by atoms with van der Waals surface area (Å²) < 4.78 is 54.4. The van der Waals surface area contributed by atoms with Crippen LogP contribution in [0.5, 0.6) is 0 Å². The maximum atomic E-state index is 12.9. The SMILES string of the molecule is Cc1ccc(C)c2c1[nH]c1c(NS(=O)c3cccc(C(F)(F)F)c3)cccc12. The molecular formula is C21H17F3N2OS. The lowest BCUT2D eigenvalue weighted by molar-refractivity contribution is -0.137. The first-order chi connectivity index (χ1) is 13.3. The Morgan fingerprint density at radius 2 is 1.64 bits per heavy atom. The maximum absolute atomic E-state index is 12.9. The molecule has 3 nitrogen and oxygen atoms in total. The van der Waals surface area contributed by atoms with Crippen molar-refractivity contribution in [2.24, 2.45) is 0 Å². The molecule has 4 rings (SSSR count). The van der Waals surface area contributed by atoms with Gasteiger partial charge in [0.1, 0.15) is 11.0 Å². The van der Waals surface area contributed by atoms with Crippen molar-refractivity contribution in [3.05, 3.63) is 71.3 Å². The van der Waals surface area contributed by atoms with Gasteiger partial charge in [-0.05, 0) is 49.2 Å². The van der Waals surface area contributed by atoms with Gasteiger partial charge in [-0.15, -0.1) is 0 Å². The van der Waals surface area contributed by atoms with E-state index in [1.54, 1.807) is 6.07 Å². The highest BCUT2D eigenvalue weighted by Gasteiger charge is 2.30. The number of H-pyrrole nitrogens is 1. The lowest BCUT2D eigenvalue weighted by Gasteiger charge is -2.10. The van der Waals surface area contributed by atoms with Crippen LogP contribution in [0.4, 0.5) is 18.9 Å². The lowest BCUT2D eigenvalue weighted by Crippen LogP contribution is -2.09. The van der Waals surface area contributed by atoms with E-state index >= 15 is 0 Å². The summed E-state index contributed by atoms with van der Waals surface area (Å²) in [6, 6.07) is 14.2. The Kier molecular flexibility index (Phi) is 4.42. The van der Waals surface area contributed by atoms with Gasteiger partial charge in [-0.2, -0.15) is 13.2 Å². The zero-order valence-corrected chi connectivity index (χ0v) is 16.0. The zero-order chi connectivity index (χ0) is 20.1. The van der Waals surface area contributed by atoms with Crippen molar-refractivity contribution >= 4 is 38.5 Å². The zero-order valence-electron chi connectivity index (χ0n) is 15.1. The van der Waals surface area contributed by atoms with Gasteiger partial charge in [0, 0.05) is 16.3 Å². The van der Waals surface area contributed by atoms with Crippen LogP contribution in [0.15, 0.2) is 59.5 Å². The van der Waals surface area contributed by atoms with Crippen molar-refractivity contribution in [3.8, 4) is 0 Å². The highest BCUT2D eigenvalue weighted by atomic mass is 32.2. The van der Waals surface area contributed by atoms with Gasteiger partial charge in [0.25, 0.3) is 0 Å². The van der Waals surface area contributed by atoms with Crippen LogP contribution in [-0.4, -0.2) is 9.19 Å². The Labute approximate surface area is 162 Å². The van der Waals surface area contributed by atoms with E-state index in [0.29, 0.717) is 5.69 Å². The molecule has 0 aliphatic heterocycles. The Bertz CT molecular complexity index is 1230. The lowest BCUT2D eigenvalue weighted by atomic mass is 10.0. The summed E-state index contributed by atoms with van der Waals surface area (Å²) in [4.78, 5) is 3.44. The number of anilines is 1. The molecule has 0 aliphatic rings. The standard InChI is InChI=1S/C21H17F3N2OS/c1-12-9-10-13(2)19-18(12)16-7-4-8-17(20(16)25-19)26-28(27)15-6-3-5-14(11-15)21(22,23)24/h3-11,25-26H,1-2H3. The van der Waals surface area contributed by atoms with Gasteiger partial charge >= 0.3 is 6.18 Å². The van der Waals surface area contributed by atoms with Crippen molar-refractivity contribution < 1.29 is 17.4 Å². The first kappa shape index (κ1) is 18.6. The predicted octanol–water partition coefficient (Wildman–Crippen LogP) is 6.09. The molecule has 28 heavy (non-hydrogen) atoms. The number of hydrogen-bond donors (Lipinski definition) is 2. The molecule has 7 heteroatoms. The van der Waals surface area contributed by atoms with E-state index in [1.165, 1.54) is 12.1 Å². The quantitative estimate of drug-likeness (QED) is 0.428. The van der Waals surface area contributed by atoms with Gasteiger partial charge in [-0.25, -0.2) is 4.21 Å². The smallest absolute Gasteiger partial charge is 0.353 e. The van der Waals surface area contributed by atoms with E-state index in [1.807, 2.05) is 38.1 Å². The molecule has 1 heterocycles. The number of rotatable bonds is 3. The highest BCUT2D eigenvalue weighted by molar-refractivity contribution is 7.86. The van der Waals surface area contributed by atoms with Crippen LogP contribution in [-0.2, 0) is 17.2 Å². The van der Waals surface area contributed by atoms with Crippen LogP contribution in [0.3, 0.4) is 0 Å². The van der Waals surface area contributed by atoms with Crippen LogP contribution >= 0.6 is 0 Å². The van der Waals surface area contributed by atoms with Crippen molar-refractivity contribution in [3.63, 3.8) is 0 Å². The monoisotopic (exact) mass is 402 g/mol. The van der Waals surface area contributed by atoms with E-state index in [2.05, 4.69) is 9.71 Å². The summed E-state index contributed by atoms with van der Waals surface area (Å²) in [5.41, 5.74) is 3.72. The molecule has 0 amide bonds. The third-order valence-electron chi connectivity index (χ3n) is 4.78. The van der Waals surface area contributed by atoms with E-state index in [-0.39, 0.29) is 4.90 Å². The third-order valence-corrected chi connectivity index (χ3v) is 5.87. The minimum atomic E-state index is -4.48. The molecule has 0 bridgehead atoms. The molecule has 0 fully saturated rings. The highest BCUT2D eigenvalue weighted by Crippen LogP contribution is 2.35. The fraction of sp³-hybridized carbons (Fsp3) is 0.143. The number of nitrogens with one attached hydrogen (secondary N) is 2. The van der Waals surface area contributed by atoms with E-state index < -0.39 is 22.7 Å². The van der Waals surface area contributed by atoms with Gasteiger partial charge in [-0.3, -0.25) is 4.72 Å². The van der Waals surface area contributed by atoms with Gasteiger partial charge in [0.2, 0.25) is 0 Å². The predicted molar refractivity (Wildman–Crippen MR) is 107 cm³/mol. The van der Waals surface area contributed by atoms with Crippen molar-refractivity contribution in [1.82, 2.24) is 4.98 Å². The molecule has 3 aromatic carbocycles. The summed E-state index contributed by atoms with van der Waals surface area (Å²) in [6.07, 6.45) is -4.48. The number of aromatic amines is 1. The normalized spacial score (nSPS) is 13.2. The molecule has 1 aromatic heterocycles. The molecule has 4 aromatic rings. The third kappa shape index (κ3) is 3.16. The fourth-order valence-electron chi connectivity index (χ4n) is 3.37. The Balaban J connectivity index is 1.78. The summed E-state index contributed by atoms with van der Waals surface area (Å²) in [5, 5.41) is 2.06. The second kappa shape index (κ2) is 6.67. The van der Waals surface area contributed by atoms with Gasteiger partial charge in [-0.1, -0.05) is 30.3 Å². The average molecular weight is 402 g/mol. The minimum absolute atomic E-state index is 0.0651. The van der Waals surface area contributed by atoms with Gasteiger partial charge < -0.3 is 4.98 Å². The first-order valence-corrected chi connectivity index (χ1v) is 9.77. The van der Waals surface area contributed by atoms with E-state index in [0.717, 1.165) is 45.1 Å². The number of alkyl halides is 3. The number of benzene rings is 3. The summed E-state index contributed by atoms with van der Waals surface area (Å²) in [5.74, 6) is 0. The van der Waals surface area contributed by atoms with Gasteiger partial charge in [0.05, 0.1) is 21.7 Å². The van der Waals surface area contributed by atoms with Crippen LogP contribution < -0.4 is 4.72 Å². The first-order valence-electron chi connectivity index (χ1n) is 8.62. The summed E-state index contributed by atoms with van der Waals surface area (Å²) in [6.45, 7) is 4.03. The molecule has 1 unspecified atom stereocenters. The number of para-hydroxylation sites is 1. The molecule has 0 spiro atoms.